The molecule has 1 aliphatic carbocycles. The van der Waals surface area contributed by atoms with Crippen molar-refractivity contribution >= 4 is 29.9 Å². The maximum atomic E-state index is 12.2. The molecule has 0 spiro atoms. The van der Waals surface area contributed by atoms with Crippen molar-refractivity contribution in [2.24, 2.45) is 4.99 Å². The van der Waals surface area contributed by atoms with E-state index in [0.717, 1.165) is 18.4 Å². The molecule has 1 fully saturated rings. The van der Waals surface area contributed by atoms with Crippen LogP contribution in [0.25, 0.3) is 0 Å². The fourth-order valence-electron chi connectivity index (χ4n) is 2.84. The SMILES string of the molecule is CN=C(NCCC(F)(F)F)NCc1ccc(OC)c(OC2CCCC2)c1.I. The molecule has 1 aromatic carbocycles. The predicted octanol–water partition coefficient (Wildman–Crippen LogP) is 4.25. The van der Waals surface area contributed by atoms with E-state index in [-0.39, 0.29) is 36.6 Å². The lowest BCUT2D eigenvalue weighted by Gasteiger charge is -2.17. The molecule has 0 heterocycles. The highest BCUT2D eigenvalue weighted by Crippen LogP contribution is 2.32. The van der Waals surface area contributed by atoms with Crippen LogP contribution in [-0.4, -0.2) is 38.9 Å². The van der Waals surface area contributed by atoms with Crippen LogP contribution in [0.4, 0.5) is 13.2 Å². The van der Waals surface area contributed by atoms with Gasteiger partial charge < -0.3 is 20.1 Å². The number of rotatable bonds is 7. The Hall–Kier alpha value is -1.39. The van der Waals surface area contributed by atoms with E-state index in [2.05, 4.69) is 15.6 Å². The summed E-state index contributed by atoms with van der Waals surface area (Å²) in [4.78, 5) is 3.93. The highest BCUT2D eigenvalue weighted by molar-refractivity contribution is 14.0. The van der Waals surface area contributed by atoms with Gasteiger partial charge in [-0.3, -0.25) is 4.99 Å². The highest BCUT2D eigenvalue weighted by Gasteiger charge is 2.26. The number of hydrogen-bond acceptors (Lipinski definition) is 3. The van der Waals surface area contributed by atoms with E-state index in [4.69, 9.17) is 9.47 Å². The smallest absolute Gasteiger partial charge is 0.390 e. The van der Waals surface area contributed by atoms with Gasteiger partial charge in [0.1, 0.15) is 0 Å². The van der Waals surface area contributed by atoms with Gasteiger partial charge in [0.25, 0.3) is 0 Å². The summed E-state index contributed by atoms with van der Waals surface area (Å²) in [7, 11) is 3.12. The Morgan fingerprint density at radius 3 is 2.48 bits per heavy atom. The molecule has 0 aromatic heterocycles. The Morgan fingerprint density at radius 1 is 1.19 bits per heavy atom. The van der Waals surface area contributed by atoms with Crippen molar-refractivity contribution < 1.29 is 22.6 Å². The number of halogens is 4. The van der Waals surface area contributed by atoms with E-state index in [1.54, 1.807) is 7.11 Å². The van der Waals surface area contributed by atoms with Crippen LogP contribution in [0.5, 0.6) is 11.5 Å². The Bertz CT molecular complexity index is 606. The van der Waals surface area contributed by atoms with Gasteiger partial charge in [-0.2, -0.15) is 13.2 Å². The molecular formula is C18H27F3IN3O2. The minimum absolute atomic E-state index is 0. The summed E-state index contributed by atoms with van der Waals surface area (Å²) < 4.78 is 48.1. The van der Waals surface area contributed by atoms with Crippen LogP contribution in [0.3, 0.4) is 0 Å². The van der Waals surface area contributed by atoms with Crippen LogP contribution in [0.15, 0.2) is 23.2 Å². The Labute approximate surface area is 175 Å². The van der Waals surface area contributed by atoms with Crippen LogP contribution in [0.1, 0.15) is 37.7 Å². The van der Waals surface area contributed by atoms with Crippen molar-refractivity contribution in [3.63, 3.8) is 0 Å². The molecular weight excluding hydrogens is 474 g/mol. The molecule has 0 atom stereocenters. The van der Waals surface area contributed by atoms with Crippen molar-refractivity contribution in [1.82, 2.24) is 10.6 Å². The number of methoxy groups -OCH3 is 1. The summed E-state index contributed by atoms with van der Waals surface area (Å²) in [6.07, 6.45) is -0.446. The van der Waals surface area contributed by atoms with Crippen molar-refractivity contribution in [2.45, 2.75) is 50.9 Å². The summed E-state index contributed by atoms with van der Waals surface area (Å²) >= 11 is 0. The molecule has 0 amide bonds. The molecule has 0 bridgehead atoms. The lowest BCUT2D eigenvalue weighted by Crippen LogP contribution is -2.38. The number of alkyl halides is 3. The highest BCUT2D eigenvalue weighted by atomic mass is 127. The van der Waals surface area contributed by atoms with Crippen molar-refractivity contribution in [1.29, 1.82) is 0 Å². The van der Waals surface area contributed by atoms with Gasteiger partial charge in [0, 0.05) is 20.1 Å². The monoisotopic (exact) mass is 501 g/mol. The molecule has 0 unspecified atom stereocenters. The second kappa shape index (κ2) is 11.5. The first kappa shape index (κ1) is 23.6. The molecule has 154 valence electrons. The van der Waals surface area contributed by atoms with Crippen LogP contribution < -0.4 is 20.1 Å². The first-order chi connectivity index (χ1) is 12.4. The van der Waals surface area contributed by atoms with E-state index in [1.807, 2.05) is 18.2 Å². The standard InChI is InChI=1S/C18H26F3N3O2.HI/c1-22-17(23-10-9-18(19,20)21)24-12-13-7-8-15(25-2)16(11-13)26-14-5-3-4-6-14;/h7-8,11,14H,3-6,9-10,12H2,1-2H3,(H2,22,23,24);1H. The molecule has 5 nitrogen and oxygen atoms in total. The second-order valence-electron chi connectivity index (χ2n) is 6.23. The predicted molar refractivity (Wildman–Crippen MR) is 110 cm³/mol. The zero-order valence-electron chi connectivity index (χ0n) is 15.6. The van der Waals surface area contributed by atoms with Gasteiger partial charge in [0.15, 0.2) is 17.5 Å². The topological polar surface area (TPSA) is 54.9 Å². The molecule has 9 heteroatoms. The van der Waals surface area contributed by atoms with E-state index in [9.17, 15) is 13.2 Å². The third kappa shape index (κ3) is 8.44. The first-order valence-electron chi connectivity index (χ1n) is 8.76. The van der Waals surface area contributed by atoms with Crippen LogP contribution >= 0.6 is 24.0 Å². The van der Waals surface area contributed by atoms with Gasteiger partial charge in [-0.1, -0.05) is 6.07 Å². The molecule has 2 N–H and O–H groups in total. The number of nitrogens with zero attached hydrogens (tertiary/aromatic N) is 1. The fraction of sp³-hybridized carbons (Fsp3) is 0.611. The maximum Gasteiger partial charge on any atom is 0.390 e. The largest absolute Gasteiger partial charge is 0.493 e. The zero-order chi connectivity index (χ0) is 19.0. The van der Waals surface area contributed by atoms with Crippen molar-refractivity contribution in [3.8, 4) is 11.5 Å². The average Bonchev–Trinajstić information content (AvgIpc) is 3.10. The normalized spacial score (nSPS) is 15.2. The summed E-state index contributed by atoms with van der Waals surface area (Å²) in [5.41, 5.74) is 0.928. The summed E-state index contributed by atoms with van der Waals surface area (Å²) in [5, 5.41) is 5.66. The number of aliphatic imine (C=N–C) groups is 1. The van der Waals surface area contributed by atoms with Crippen LogP contribution in [-0.2, 0) is 6.54 Å². The minimum Gasteiger partial charge on any atom is -0.493 e. The lowest BCUT2D eigenvalue weighted by atomic mass is 10.2. The third-order valence-corrected chi connectivity index (χ3v) is 4.21. The van der Waals surface area contributed by atoms with E-state index in [0.29, 0.717) is 24.0 Å². The van der Waals surface area contributed by atoms with Gasteiger partial charge in [-0.05, 0) is 43.4 Å². The Morgan fingerprint density at radius 2 is 1.89 bits per heavy atom. The molecule has 27 heavy (non-hydrogen) atoms. The van der Waals surface area contributed by atoms with Gasteiger partial charge in [0.05, 0.1) is 19.6 Å². The van der Waals surface area contributed by atoms with Gasteiger partial charge in [-0.15, -0.1) is 24.0 Å². The van der Waals surface area contributed by atoms with Crippen LogP contribution in [0, 0.1) is 0 Å². The minimum atomic E-state index is -4.19. The van der Waals surface area contributed by atoms with Crippen molar-refractivity contribution in [3.05, 3.63) is 23.8 Å². The maximum absolute atomic E-state index is 12.2. The molecule has 2 rings (SSSR count). The van der Waals surface area contributed by atoms with Gasteiger partial charge in [0.2, 0.25) is 0 Å². The van der Waals surface area contributed by atoms with Crippen molar-refractivity contribution in [2.75, 3.05) is 20.7 Å². The number of hydrogen-bond donors (Lipinski definition) is 2. The number of ether oxygens (including phenoxy) is 2. The molecule has 1 saturated carbocycles. The number of benzene rings is 1. The average molecular weight is 501 g/mol. The molecule has 1 aliphatic rings. The first-order valence-corrected chi connectivity index (χ1v) is 8.76. The summed E-state index contributed by atoms with van der Waals surface area (Å²) in [6, 6.07) is 5.62. The molecule has 0 saturated heterocycles. The van der Waals surface area contributed by atoms with E-state index in [1.165, 1.54) is 19.9 Å². The van der Waals surface area contributed by atoms with Gasteiger partial charge in [-0.25, -0.2) is 0 Å². The second-order valence-corrected chi connectivity index (χ2v) is 6.23. The molecule has 0 aliphatic heterocycles. The number of nitrogens with one attached hydrogen (secondary N) is 2. The third-order valence-electron chi connectivity index (χ3n) is 4.21. The van der Waals surface area contributed by atoms with Crippen LogP contribution in [0.2, 0.25) is 0 Å². The Kier molecular flexibility index (Phi) is 10.0. The van der Waals surface area contributed by atoms with E-state index >= 15 is 0 Å². The van der Waals surface area contributed by atoms with Gasteiger partial charge >= 0.3 is 6.18 Å². The quantitative estimate of drug-likeness (QED) is 0.333. The fourth-order valence-corrected chi connectivity index (χ4v) is 2.84. The summed E-state index contributed by atoms with van der Waals surface area (Å²) in [6.45, 7) is 0.193. The number of guanidine groups is 1. The Balaban J connectivity index is 0.00000364. The summed E-state index contributed by atoms with van der Waals surface area (Å²) in [5.74, 6) is 1.69. The molecule has 1 aromatic rings. The molecule has 0 radical (unpaired) electrons. The lowest BCUT2D eigenvalue weighted by molar-refractivity contribution is -0.132. The van der Waals surface area contributed by atoms with E-state index < -0.39 is 12.6 Å². The zero-order valence-corrected chi connectivity index (χ0v) is 17.9.